The topological polar surface area (TPSA) is 26.8 Å². The molecule has 0 aromatic heterocycles. The van der Waals surface area contributed by atoms with E-state index < -0.39 is 5.82 Å². The molecular weight excluding hydrogens is 341 g/mol. The zero-order chi connectivity index (χ0) is 18.0. The van der Waals surface area contributed by atoms with Crippen molar-refractivity contribution < 1.29 is 9.18 Å². The van der Waals surface area contributed by atoms with Gasteiger partial charge in [0, 0.05) is 50.9 Å². The molecule has 3 rings (SSSR count). The average molecular weight is 368 g/mol. The summed E-state index contributed by atoms with van der Waals surface area (Å²) in [6.07, 6.45) is 2.04. The Kier molecular flexibility index (Phi) is 5.97. The Hall–Kier alpha value is -1.17. The Balaban J connectivity index is 1.54. The number of nitrogens with zero attached hydrogens (tertiary/aromatic N) is 3. The number of carbonyl (C=O) groups is 1. The van der Waals surface area contributed by atoms with Gasteiger partial charge in [0.15, 0.2) is 0 Å². The summed E-state index contributed by atoms with van der Waals surface area (Å²) >= 11 is 5.80. The van der Waals surface area contributed by atoms with E-state index in [2.05, 4.69) is 23.8 Å². The maximum Gasteiger partial charge on any atom is 0.253 e. The lowest BCUT2D eigenvalue weighted by atomic mass is 9.88. The highest BCUT2D eigenvalue weighted by molar-refractivity contribution is 6.31. The largest absolute Gasteiger partial charge is 0.339 e. The maximum absolute atomic E-state index is 13.3. The van der Waals surface area contributed by atoms with Gasteiger partial charge in [0.2, 0.25) is 0 Å². The Morgan fingerprint density at radius 2 is 1.80 bits per heavy atom. The summed E-state index contributed by atoms with van der Waals surface area (Å²) in [5.74, 6) is 0.0924. The Bertz CT molecular complexity index is 611. The standard InChI is InChI=1S/C19H27ClFN3O/c1-14(23-11-9-22(2)10-12-23)15-5-7-24(8-6-15)19(25)16-3-4-18(21)17(20)13-16/h3-4,13-15H,5-12H2,1-2H3/t14-/m0/s1. The summed E-state index contributed by atoms with van der Waals surface area (Å²) in [7, 11) is 2.17. The molecule has 1 aromatic rings. The molecule has 0 radical (unpaired) electrons. The lowest BCUT2D eigenvalue weighted by Gasteiger charge is -2.42. The van der Waals surface area contributed by atoms with Gasteiger partial charge in [-0.3, -0.25) is 9.69 Å². The van der Waals surface area contributed by atoms with Crippen molar-refractivity contribution in [3.8, 4) is 0 Å². The van der Waals surface area contributed by atoms with E-state index in [1.54, 1.807) is 0 Å². The maximum atomic E-state index is 13.3. The molecule has 2 aliphatic heterocycles. The van der Waals surface area contributed by atoms with Gasteiger partial charge in [0.25, 0.3) is 5.91 Å². The summed E-state index contributed by atoms with van der Waals surface area (Å²) in [6, 6.07) is 4.77. The molecule has 0 aliphatic carbocycles. The molecule has 0 saturated carbocycles. The highest BCUT2D eigenvalue weighted by atomic mass is 35.5. The van der Waals surface area contributed by atoms with Gasteiger partial charge in [-0.2, -0.15) is 0 Å². The molecule has 2 aliphatic rings. The Morgan fingerprint density at radius 1 is 1.16 bits per heavy atom. The van der Waals surface area contributed by atoms with Crippen molar-refractivity contribution in [1.82, 2.24) is 14.7 Å². The molecule has 0 unspecified atom stereocenters. The third kappa shape index (κ3) is 4.33. The first-order chi connectivity index (χ1) is 12.0. The molecule has 2 fully saturated rings. The van der Waals surface area contributed by atoms with Gasteiger partial charge in [-0.25, -0.2) is 4.39 Å². The first-order valence-corrected chi connectivity index (χ1v) is 9.50. The second kappa shape index (κ2) is 8.02. The third-order valence-electron chi connectivity index (χ3n) is 5.79. The second-order valence-corrected chi connectivity index (χ2v) is 7.75. The molecular formula is C19H27ClFN3O. The summed E-state index contributed by atoms with van der Waals surface area (Å²) in [4.78, 5) is 19.4. The average Bonchev–Trinajstić information content (AvgIpc) is 2.63. The van der Waals surface area contributed by atoms with Crippen LogP contribution in [0.5, 0.6) is 0 Å². The van der Waals surface area contributed by atoms with E-state index in [4.69, 9.17) is 11.6 Å². The van der Waals surface area contributed by atoms with E-state index in [1.165, 1.54) is 18.2 Å². The molecule has 4 nitrogen and oxygen atoms in total. The normalized spacial score (nSPS) is 22.2. The van der Waals surface area contributed by atoms with E-state index in [0.29, 0.717) is 17.5 Å². The van der Waals surface area contributed by atoms with Crippen molar-refractivity contribution in [3.63, 3.8) is 0 Å². The van der Waals surface area contributed by atoms with E-state index >= 15 is 0 Å². The zero-order valence-corrected chi connectivity index (χ0v) is 15.8. The van der Waals surface area contributed by atoms with E-state index in [9.17, 15) is 9.18 Å². The molecule has 1 aromatic carbocycles. The minimum atomic E-state index is -0.488. The van der Waals surface area contributed by atoms with Crippen molar-refractivity contribution in [2.45, 2.75) is 25.8 Å². The van der Waals surface area contributed by atoms with Gasteiger partial charge >= 0.3 is 0 Å². The number of piperidine rings is 1. The summed E-state index contributed by atoms with van der Waals surface area (Å²) in [6.45, 7) is 8.37. The predicted octanol–water partition coefficient (Wildman–Crippen LogP) is 2.97. The van der Waals surface area contributed by atoms with Crippen molar-refractivity contribution in [1.29, 1.82) is 0 Å². The van der Waals surface area contributed by atoms with E-state index in [-0.39, 0.29) is 10.9 Å². The number of hydrogen-bond donors (Lipinski definition) is 0. The van der Waals surface area contributed by atoms with Crippen molar-refractivity contribution in [3.05, 3.63) is 34.6 Å². The van der Waals surface area contributed by atoms with Crippen LogP contribution in [0.4, 0.5) is 4.39 Å². The number of piperazine rings is 1. The summed E-state index contributed by atoms with van der Waals surface area (Å²) in [5, 5.41) is 0.00410. The van der Waals surface area contributed by atoms with Crippen LogP contribution in [0.3, 0.4) is 0 Å². The molecule has 2 heterocycles. The van der Waals surface area contributed by atoms with Gasteiger partial charge in [0.1, 0.15) is 5.82 Å². The fourth-order valence-electron chi connectivity index (χ4n) is 3.92. The highest BCUT2D eigenvalue weighted by Crippen LogP contribution is 2.26. The molecule has 1 amide bonds. The van der Waals surface area contributed by atoms with Crippen LogP contribution in [0.1, 0.15) is 30.1 Å². The minimum absolute atomic E-state index is 0.00410. The predicted molar refractivity (Wildman–Crippen MR) is 98.6 cm³/mol. The smallest absolute Gasteiger partial charge is 0.253 e. The summed E-state index contributed by atoms with van der Waals surface area (Å²) < 4.78 is 13.3. The number of halogens is 2. The van der Waals surface area contributed by atoms with Crippen LogP contribution in [0, 0.1) is 11.7 Å². The lowest BCUT2D eigenvalue weighted by molar-refractivity contribution is 0.0500. The molecule has 6 heteroatoms. The van der Waals surface area contributed by atoms with Crippen molar-refractivity contribution in [2.75, 3.05) is 46.3 Å². The molecule has 2 saturated heterocycles. The first kappa shape index (κ1) is 18.6. The lowest BCUT2D eigenvalue weighted by Crippen LogP contribution is -2.52. The quantitative estimate of drug-likeness (QED) is 0.821. The van der Waals surface area contributed by atoms with Gasteiger partial charge in [-0.1, -0.05) is 11.6 Å². The van der Waals surface area contributed by atoms with Crippen molar-refractivity contribution in [2.24, 2.45) is 5.92 Å². The van der Waals surface area contributed by atoms with Gasteiger partial charge < -0.3 is 9.80 Å². The molecule has 0 bridgehead atoms. The molecule has 138 valence electrons. The van der Waals surface area contributed by atoms with Crippen LogP contribution in [-0.4, -0.2) is 73.0 Å². The van der Waals surface area contributed by atoms with Gasteiger partial charge in [-0.15, -0.1) is 0 Å². The second-order valence-electron chi connectivity index (χ2n) is 7.34. The van der Waals surface area contributed by atoms with Crippen LogP contribution in [0.25, 0.3) is 0 Å². The third-order valence-corrected chi connectivity index (χ3v) is 6.08. The number of benzene rings is 1. The Labute approximate surface area is 154 Å². The molecule has 1 atom stereocenters. The number of hydrogen-bond acceptors (Lipinski definition) is 3. The molecule has 25 heavy (non-hydrogen) atoms. The highest BCUT2D eigenvalue weighted by Gasteiger charge is 2.30. The fourth-order valence-corrected chi connectivity index (χ4v) is 4.10. The Morgan fingerprint density at radius 3 is 2.40 bits per heavy atom. The summed E-state index contributed by atoms with van der Waals surface area (Å²) in [5.41, 5.74) is 0.469. The van der Waals surface area contributed by atoms with Crippen LogP contribution in [0.15, 0.2) is 18.2 Å². The molecule has 0 spiro atoms. The van der Waals surface area contributed by atoms with Crippen LogP contribution in [0.2, 0.25) is 5.02 Å². The van der Waals surface area contributed by atoms with Crippen molar-refractivity contribution >= 4 is 17.5 Å². The van der Waals surface area contributed by atoms with Crippen LogP contribution < -0.4 is 0 Å². The molecule has 0 N–H and O–H groups in total. The first-order valence-electron chi connectivity index (χ1n) is 9.12. The SMILES string of the molecule is C[C@@H](C1CCN(C(=O)c2ccc(F)c(Cl)c2)CC1)N1CCN(C)CC1. The van der Waals surface area contributed by atoms with Crippen LogP contribution >= 0.6 is 11.6 Å². The van der Waals surface area contributed by atoms with E-state index in [1.807, 2.05) is 4.90 Å². The van der Waals surface area contributed by atoms with Gasteiger partial charge in [-0.05, 0) is 50.9 Å². The zero-order valence-electron chi connectivity index (χ0n) is 15.0. The van der Waals surface area contributed by atoms with Crippen LogP contribution in [-0.2, 0) is 0 Å². The minimum Gasteiger partial charge on any atom is -0.339 e. The number of carbonyl (C=O) groups excluding carboxylic acids is 1. The van der Waals surface area contributed by atoms with Gasteiger partial charge in [0.05, 0.1) is 5.02 Å². The number of rotatable bonds is 3. The number of likely N-dealkylation sites (tertiary alicyclic amines) is 1. The van der Waals surface area contributed by atoms with E-state index in [0.717, 1.165) is 52.1 Å². The fraction of sp³-hybridized carbons (Fsp3) is 0.632. The monoisotopic (exact) mass is 367 g/mol. The number of amides is 1. The number of likely N-dealkylation sites (N-methyl/N-ethyl adjacent to an activating group) is 1.